The van der Waals surface area contributed by atoms with Crippen LogP contribution in [-0.2, 0) is 0 Å². The first-order valence-corrected chi connectivity index (χ1v) is 11.3. The maximum Gasteiger partial charge on any atom is 0.149 e. The Kier molecular flexibility index (Phi) is 5.23. The minimum absolute atomic E-state index is 0.173. The molecule has 24 heavy (non-hydrogen) atoms. The third-order valence-corrected chi connectivity index (χ3v) is 10.5. The number of nitrogens with zero attached hydrogens (tertiary/aromatic N) is 1. The van der Waals surface area contributed by atoms with Crippen molar-refractivity contribution in [3.8, 4) is 0 Å². The molecule has 2 aromatic carbocycles. The molecule has 1 heterocycles. The van der Waals surface area contributed by atoms with Gasteiger partial charge in [-0.1, -0.05) is 114 Å². The van der Waals surface area contributed by atoms with Crippen molar-refractivity contribution in [3.05, 3.63) is 81.0 Å². The van der Waals surface area contributed by atoms with E-state index in [1.165, 1.54) is 10.4 Å². The summed E-state index contributed by atoms with van der Waals surface area (Å²) in [6.45, 7) is 2.19. The van der Waals surface area contributed by atoms with E-state index in [4.69, 9.17) is 46.4 Å². The van der Waals surface area contributed by atoms with Crippen LogP contribution in [0.5, 0.6) is 0 Å². The molecule has 0 saturated carbocycles. The van der Waals surface area contributed by atoms with E-state index in [1.54, 1.807) is 0 Å². The SMILES string of the molecule is C[Si](c1ccccc1)(c1ccccc1)c1c(Cl)c(Cl)nc(Cl)c1Cl. The Morgan fingerprint density at radius 1 is 0.667 bits per heavy atom. The topological polar surface area (TPSA) is 12.9 Å². The minimum Gasteiger partial charge on any atom is -0.221 e. The van der Waals surface area contributed by atoms with Crippen LogP contribution in [0.4, 0.5) is 0 Å². The zero-order chi connectivity index (χ0) is 17.3. The molecule has 0 bridgehead atoms. The van der Waals surface area contributed by atoms with E-state index in [0.717, 1.165) is 5.19 Å². The van der Waals surface area contributed by atoms with Crippen molar-refractivity contribution >= 4 is 70.0 Å². The van der Waals surface area contributed by atoms with Crippen LogP contribution in [0.2, 0.25) is 26.9 Å². The van der Waals surface area contributed by atoms with Crippen LogP contribution in [0.3, 0.4) is 0 Å². The Morgan fingerprint density at radius 3 is 1.42 bits per heavy atom. The molecule has 0 fully saturated rings. The predicted octanol–water partition coefficient (Wildman–Crippen LogP) is 4.80. The number of aromatic nitrogens is 1. The molecule has 1 aromatic heterocycles. The van der Waals surface area contributed by atoms with Gasteiger partial charge in [-0.3, -0.25) is 0 Å². The number of halogens is 4. The quantitative estimate of drug-likeness (QED) is 0.444. The average molecular weight is 413 g/mol. The van der Waals surface area contributed by atoms with Crippen molar-refractivity contribution in [3.63, 3.8) is 0 Å². The molecule has 0 unspecified atom stereocenters. The van der Waals surface area contributed by atoms with E-state index >= 15 is 0 Å². The van der Waals surface area contributed by atoms with Gasteiger partial charge >= 0.3 is 0 Å². The molecule has 0 aliphatic carbocycles. The highest BCUT2D eigenvalue weighted by molar-refractivity contribution is 7.12. The van der Waals surface area contributed by atoms with Crippen LogP contribution in [0.25, 0.3) is 0 Å². The normalized spacial score (nSPS) is 11.5. The lowest BCUT2D eigenvalue weighted by molar-refractivity contribution is 1.34. The maximum absolute atomic E-state index is 6.55. The Bertz CT molecular complexity index is 803. The molecule has 0 aliphatic heterocycles. The number of pyridine rings is 1. The summed E-state index contributed by atoms with van der Waals surface area (Å²) in [6, 6.07) is 20.4. The van der Waals surface area contributed by atoms with Gasteiger partial charge in [0.15, 0.2) is 0 Å². The zero-order valence-electron chi connectivity index (χ0n) is 12.7. The van der Waals surface area contributed by atoms with Crippen LogP contribution in [-0.4, -0.2) is 13.1 Å². The third kappa shape index (κ3) is 2.98. The molecule has 6 heteroatoms. The van der Waals surface area contributed by atoms with Crippen LogP contribution >= 0.6 is 46.4 Å². The summed E-state index contributed by atoms with van der Waals surface area (Å²) in [5.74, 6) is 0. The number of benzene rings is 2. The third-order valence-electron chi connectivity index (χ3n) is 4.20. The number of rotatable bonds is 3. The van der Waals surface area contributed by atoms with Crippen LogP contribution in [0.15, 0.2) is 60.7 Å². The lowest BCUT2D eigenvalue weighted by atomic mass is 10.4. The molecule has 0 atom stereocenters. The van der Waals surface area contributed by atoms with Crippen molar-refractivity contribution < 1.29 is 0 Å². The van der Waals surface area contributed by atoms with Crippen molar-refractivity contribution in [2.45, 2.75) is 6.55 Å². The lowest BCUT2D eigenvalue weighted by Crippen LogP contribution is -2.65. The summed E-state index contributed by atoms with van der Waals surface area (Å²) in [4.78, 5) is 4.02. The first-order chi connectivity index (χ1) is 11.5. The van der Waals surface area contributed by atoms with Gasteiger partial charge in [0.25, 0.3) is 0 Å². The first kappa shape index (κ1) is 17.8. The van der Waals surface area contributed by atoms with Gasteiger partial charge in [0.05, 0.1) is 10.0 Å². The Balaban J connectivity index is 2.41. The fourth-order valence-electron chi connectivity index (χ4n) is 2.92. The molecule has 3 aromatic rings. The van der Waals surface area contributed by atoms with Gasteiger partial charge in [-0.05, 0) is 15.6 Å². The molecule has 1 nitrogen and oxygen atoms in total. The van der Waals surface area contributed by atoms with Gasteiger partial charge in [0.2, 0.25) is 0 Å². The van der Waals surface area contributed by atoms with E-state index in [9.17, 15) is 0 Å². The monoisotopic (exact) mass is 411 g/mol. The smallest absolute Gasteiger partial charge is 0.149 e. The highest BCUT2D eigenvalue weighted by Gasteiger charge is 2.39. The Hall–Kier alpha value is -1.03. The highest BCUT2D eigenvalue weighted by atomic mass is 35.5. The van der Waals surface area contributed by atoms with Gasteiger partial charge in [0.1, 0.15) is 18.4 Å². The predicted molar refractivity (Wildman–Crippen MR) is 108 cm³/mol. The largest absolute Gasteiger partial charge is 0.221 e. The van der Waals surface area contributed by atoms with Crippen molar-refractivity contribution in [2.24, 2.45) is 0 Å². The zero-order valence-corrected chi connectivity index (χ0v) is 16.8. The summed E-state index contributed by atoms with van der Waals surface area (Å²) in [6.07, 6.45) is 0. The molecular weight excluding hydrogens is 400 g/mol. The molecule has 122 valence electrons. The number of hydrogen-bond donors (Lipinski definition) is 0. The maximum atomic E-state index is 6.55. The molecule has 3 rings (SSSR count). The van der Waals surface area contributed by atoms with Crippen molar-refractivity contribution in [1.29, 1.82) is 0 Å². The standard InChI is InChI=1S/C18H13Cl4NSi/c1-24(12-8-4-2-5-9-12,13-10-6-3-7-11-13)16-14(19)17(21)23-18(22)15(16)20/h2-11H,1H3. The summed E-state index contributed by atoms with van der Waals surface area (Å²) >= 11 is 25.5. The average Bonchev–Trinajstić information content (AvgIpc) is 2.61. The Morgan fingerprint density at radius 2 is 1.04 bits per heavy atom. The molecule has 0 saturated heterocycles. The van der Waals surface area contributed by atoms with Gasteiger partial charge < -0.3 is 0 Å². The first-order valence-electron chi connectivity index (χ1n) is 7.27. The highest BCUT2D eigenvalue weighted by Crippen LogP contribution is 2.30. The fraction of sp³-hybridized carbons (Fsp3) is 0.0556. The number of hydrogen-bond acceptors (Lipinski definition) is 1. The van der Waals surface area contributed by atoms with E-state index in [-0.39, 0.29) is 10.3 Å². The summed E-state index contributed by atoms with van der Waals surface area (Å²) < 4.78 is 0. The van der Waals surface area contributed by atoms with Crippen LogP contribution < -0.4 is 15.6 Å². The summed E-state index contributed by atoms with van der Waals surface area (Å²) in [5.41, 5.74) is 0. The molecule has 0 N–H and O–H groups in total. The van der Waals surface area contributed by atoms with Gasteiger partial charge in [-0.2, -0.15) is 0 Å². The van der Waals surface area contributed by atoms with Crippen LogP contribution in [0, 0.1) is 0 Å². The minimum atomic E-state index is -2.50. The second-order valence-corrected chi connectivity index (χ2v) is 10.9. The molecule has 0 spiro atoms. The summed E-state index contributed by atoms with van der Waals surface area (Å²) in [7, 11) is -2.50. The molecule has 0 radical (unpaired) electrons. The second-order valence-electron chi connectivity index (χ2n) is 5.55. The lowest BCUT2D eigenvalue weighted by Gasteiger charge is -2.31. The van der Waals surface area contributed by atoms with E-state index < -0.39 is 8.07 Å². The molecule has 0 aliphatic rings. The van der Waals surface area contributed by atoms with Gasteiger partial charge in [0, 0.05) is 0 Å². The van der Waals surface area contributed by atoms with Crippen LogP contribution in [0.1, 0.15) is 0 Å². The second kappa shape index (κ2) is 7.07. The van der Waals surface area contributed by atoms with Crippen molar-refractivity contribution in [2.75, 3.05) is 0 Å². The van der Waals surface area contributed by atoms with Gasteiger partial charge in [-0.25, -0.2) is 4.98 Å². The van der Waals surface area contributed by atoms with E-state index in [0.29, 0.717) is 10.0 Å². The summed E-state index contributed by atoms with van der Waals surface area (Å²) in [5, 5.41) is 4.20. The van der Waals surface area contributed by atoms with Crippen molar-refractivity contribution in [1.82, 2.24) is 4.98 Å². The van der Waals surface area contributed by atoms with Gasteiger partial charge in [-0.15, -0.1) is 0 Å². The molecular formula is C18H13Cl4NSi. The van der Waals surface area contributed by atoms with E-state index in [2.05, 4.69) is 35.8 Å². The fourth-order valence-corrected chi connectivity index (χ4v) is 8.68. The van der Waals surface area contributed by atoms with E-state index in [1.807, 2.05) is 36.4 Å². The molecule has 0 amide bonds. The Labute approximate surface area is 162 Å².